The molecule has 3 aromatic rings. The summed E-state index contributed by atoms with van der Waals surface area (Å²) in [4.78, 5) is 4.74. The van der Waals surface area contributed by atoms with Crippen molar-refractivity contribution in [2.24, 2.45) is 7.05 Å². The second-order valence-electron chi connectivity index (χ2n) is 6.08. The lowest BCUT2D eigenvalue weighted by Gasteiger charge is -2.37. The Morgan fingerprint density at radius 3 is 2.62 bits per heavy atom. The van der Waals surface area contributed by atoms with Gasteiger partial charge in [0.05, 0.1) is 5.52 Å². The summed E-state index contributed by atoms with van der Waals surface area (Å²) in [6.07, 6.45) is 0. The monoisotopic (exact) mass is 344 g/mol. The number of anilines is 2. The third-order valence-electron chi connectivity index (χ3n) is 4.68. The first-order chi connectivity index (χ1) is 11.6. The first-order valence-electron chi connectivity index (χ1n) is 7.99. The number of aryl methyl sites for hydroxylation is 1. The Morgan fingerprint density at radius 2 is 1.92 bits per heavy atom. The molecule has 9 heteroatoms. The van der Waals surface area contributed by atoms with E-state index >= 15 is 0 Å². The van der Waals surface area contributed by atoms with Crippen molar-refractivity contribution in [1.29, 1.82) is 0 Å². The van der Waals surface area contributed by atoms with E-state index in [0.29, 0.717) is 11.2 Å². The molecule has 1 unspecified atom stereocenters. The number of hydrogen-bond donors (Lipinski definition) is 1. The minimum absolute atomic E-state index is 0.345. The van der Waals surface area contributed by atoms with Gasteiger partial charge in [0.15, 0.2) is 0 Å². The Balaban J connectivity index is 1.46. The number of nitrogen functional groups attached to an aromatic ring is 1. The number of benzene rings is 1. The standard InChI is InChI=1S/C15H20N8S/c1-10(11-3-4-13-12(9-11)17-20-21(13)2)22-5-7-23(8-6-22)15-19-18-14(16)24-15/h3-4,9-10H,5-8H2,1-2H3,(H2,16,18). The molecule has 0 spiro atoms. The van der Waals surface area contributed by atoms with Crippen molar-refractivity contribution >= 4 is 32.6 Å². The van der Waals surface area contributed by atoms with E-state index in [1.54, 1.807) is 4.68 Å². The highest BCUT2D eigenvalue weighted by Gasteiger charge is 2.24. The van der Waals surface area contributed by atoms with Crippen molar-refractivity contribution in [3.8, 4) is 0 Å². The maximum absolute atomic E-state index is 5.68. The third-order valence-corrected chi connectivity index (χ3v) is 5.49. The van der Waals surface area contributed by atoms with E-state index in [1.165, 1.54) is 16.9 Å². The van der Waals surface area contributed by atoms with Crippen molar-refractivity contribution in [3.05, 3.63) is 23.8 Å². The predicted octanol–water partition coefficient (Wildman–Crippen LogP) is 1.29. The summed E-state index contributed by atoms with van der Waals surface area (Å²) in [6.45, 7) is 6.09. The van der Waals surface area contributed by atoms with E-state index in [1.807, 2.05) is 7.05 Å². The highest BCUT2D eigenvalue weighted by atomic mass is 32.1. The van der Waals surface area contributed by atoms with E-state index in [4.69, 9.17) is 5.73 Å². The lowest BCUT2D eigenvalue weighted by molar-refractivity contribution is 0.198. The van der Waals surface area contributed by atoms with Gasteiger partial charge in [-0.3, -0.25) is 4.90 Å². The van der Waals surface area contributed by atoms with Crippen molar-refractivity contribution < 1.29 is 0 Å². The maximum atomic E-state index is 5.68. The molecule has 2 aromatic heterocycles. The van der Waals surface area contributed by atoms with Crippen molar-refractivity contribution in [2.75, 3.05) is 36.8 Å². The molecule has 2 N–H and O–H groups in total. The SMILES string of the molecule is CC(c1ccc2c(c1)nnn2C)N1CCN(c2nnc(N)s2)CC1. The van der Waals surface area contributed by atoms with E-state index in [-0.39, 0.29) is 0 Å². The van der Waals surface area contributed by atoms with E-state index < -0.39 is 0 Å². The van der Waals surface area contributed by atoms with E-state index in [0.717, 1.165) is 42.3 Å². The van der Waals surface area contributed by atoms with Crippen LogP contribution in [0.4, 0.5) is 10.3 Å². The molecule has 1 aliphatic rings. The van der Waals surface area contributed by atoms with Crippen LogP contribution in [-0.4, -0.2) is 56.3 Å². The topological polar surface area (TPSA) is 89.0 Å². The van der Waals surface area contributed by atoms with Gasteiger partial charge in [0.2, 0.25) is 10.3 Å². The van der Waals surface area contributed by atoms with Crippen LogP contribution in [0.25, 0.3) is 11.0 Å². The molecule has 0 bridgehead atoms. The number of aromatic nitrogens is 5. The van der Waals surface area contributed by atoms with Gasteiger partial charge in [0.1, 0.15) is 5.52 Å². The molecule has 1 aromatic carbocycles. The number of piperazine rings is 1. The predicted molar refractivity (Wildman–Crippen MR) is 95.0 cm³/mol. The molecule has 0 saturated carbocycles. The van der Waals surface area contributed by atoms with Gasteiger partial charge in [-0.25, -0.2) is 4.68 Å². The van der Waals surface area contributed by atoms with Gasteiger partial charge in [-0.15, -0.1) is 15.3 Å². The second-order valence-corrected chi connectivity index (χ2v) is 7.07. The first kappa shape index (κ1) is 15.3. The molecule has 24 heavy (non-hydrogen) atoms. The summed E-state index contributed by atoms with van der Waals surface area (Å²) in [5.74, 6) is 0. The Bertz CT molecular complexity index is 848. The number of hydrogen-bond acceptors (Lipinski definition) is 8. The minimum atomic E-state index is 0.345. The number of rotatable bonds is 3. The maximum Gasteiger partial charge on any atom is 0.210 e. The molecular weight excluding hydrogens is 324 g/mol. The van der Waals surface area contributed by atoms with E-state index in [2.05, 4.69) is 55.4 Å². The summed E-state index contributed by atoms with van der Waals surface area (Å²) in [6, 6.07) is 6.76. The zero-order valence-electron chi connectivity index (χ0n) is 13.8. The molecule has 1 atom stereocenters. The Kier molecular flexibility index (Phi) is 3.81. The number of nitrogens with zero attached hydrogens (tertiary/aromatic N) is 7. The van der Waals surface area contributed by atoms with Crippen LogP contribution in [-0.2, 0) is 7.05 Å². The fourth-order valence-electron chi connectivity index (χ4n) is 3.18. The van der Waals surface area contributed by atoms with Gasteiger partial charge in [0, 0.05) is 39.3 Å². The number of nitrogens with two attached hydrogens (primary N) is 1. The molecule has 8 nitrogen and oxygen atoms in total. The lowest BCUT2D eigenvalue weighted by atomic mass is 10.1. The quantitative estimate of drug-likeness (QED) is 0.765. The van der Waals surface area contributed by atoms with Crippen LogP contribution >= 0.6 is 11.3 Å². The molecule has 0 amide bonds. The molecule has 0 radical (unpaired) electrons. The van der Waals surface area contributed by atoms with Gasteiger partial charge < -0.3 is 10.6 Å². The van der Waals surface area contributed by atoms with Crippen molar-refractivity contribution in [1.82, 2.24) is 30.1 Å². The van der Waals surface area contributed by atoms with Gasteiger partial charge in [-0.1, -0.05) is 22.6 Å². The smallest absolute Gasteiger partial charge is 0.210 e. The van der Waals surface area contributed by atoms with Gasteiger partial charge in [-0.05, 0) is 24.6 Å². The molecule has 3 heterocycles. The average molecular weight is 344 g/mol. The van der Waals surface area contributed by atoms with Crippen molar-refractivity contribution in [3.63, 3.8) is 0 Å². The Morgan fingerprint density at radius 1 is 1.12 bits per heavy atom. The van der Waals surface area contributed by atoms with Gasteiger partial charge >= 0.3 is 0 Å². The summed E-state index contributed by atoms with van der Waals surface area (Å²) >= 11 is 1.45. The fourth-order valence-corrected chi connectivity index (χ4v) is 3.85. The third kappa shape index (κ3) is 2.69. The van der Waals surface area contributed by atoms with E-state index in [9.17, 15) is 0 Å². The van der Waals surface area contributed by atoms with Crippen LogP contribution in [0, 0.1) is 0 Å². The van der Waals surface area contributed by atoms with Crippen LogP contribution in [0.1, 0.15) is 18.5 Å². The molecule has 126 valence electrons. The molecule has 0 aliphatic carbocycles. The highest BCUT2D eigenvalue weighted by molar-refractivity contribution is 7.18. The van der Waals surface area contributed by atoms with Gasteiger partial charge in [-0.2, -0.15) is 0 Å². The van der Waals surface area contributed by atoms with Crippen molar-refractivity contribution in [2.45, 2.75) is 13.0 Å². The van der Waals surface area contributed by atoms with Crippen LogP contribution in [0.15, 0.2) is 18.2 Å². The van der Waals surface area contributed by atoms with Crippen LogP contribution in [0.5, 0.6) is 0 Å². The summed E-state index contributed by atoms with van der Waals surface area (Å²) in [5, 5.41) is 17.8. The van der Waals surface area contributed by atoms with Crippen LogP contribution < -0.4 is 10.6 Å². The highest BCUT2D eigenvalue weighted by Crippen LogP contribution is 2.27. The summed E-state index contributed by atoms with van der Waals surface area (Å²) in [5.41, 5.74) is 8.96. The first-order valence-corrected chi connectivity index (χ1v) is 8.81. The van der Waals surface area contributed by atoms with Crippen LogP contribution in [0.3, 0.4) is 0 Å². The fraction of sp³-hybridized carbons (Fsp3) is 0.467. The normalized spacial score (nSPS) is 17.5. The second kappa shape index (κ2) is 5.99. The summed E-state index contributed by atoms with van der Waals surface area (Å²) in [7, 11) is 1.91. The molecule has 1 fully saturated rings. The Labute approximate surface area is 143 Å². The number of fused-ring (bicyclic) bond motifs is 1. The molecule has 1 saturated heterocycles. The zero-order valence-corrected chi connectivity index (χ0v) is 14.6. The van der Waals surface area contributed by atoms with Gasteiger partial charge in [0.25, 0.3) is 0 Å². The molecular formula is C15H20N8S. The largest absolute Gasteiger partial charge is 0.374 e. The Hall–Kier alpha value is -2.26. The molecule has 1 aliphatic heterocycles. The lowest BCUT2D eigenvalue weighted by Crippen LogP contribution is -2.47. The molecule has 4 rings (SSSR count). The average Bonchev–Trinajstić information content (AvgIpc) is 3.20. The minimum Gasteiger partial charge on any atom is -0.374 e. The summed E-state index contributed by atoms with van der Waals surface area (Å²) < 4.78 is 1.80. The van der Waals surface area contributed by atoms with Crippen LogP contribution in [0.2, 0.25) is 0 Å². The zero-order chi connectivity index (χ0) is 16.7.